The second kappa shape index (κ2) is 7.37. The van der Waals surface area contributed by atoms with E-state index in [2.05, 4.69) is 23.0 Å². The summed E-state index contributed by atoms with van der Waals surface area (Å²) in [6.45, 7) is 11.0. The fraction of sp³-hybridized carbons (Fsp3) is 0.429. The zero-order chi connectivity index (χ0) is 16.9. The summed E-state index contributed by atoms with van der Waals surface area (Å²) >= 11 is 0. The van der Waals surface area contributed by atoms with Gasteiger partial charge in [-0.3, -0.25) is 9.48 Å². The maximum Gasteiger partial charge on any atom is 0.244 e. The van der Waals surface area contributed by atoms with Crippen LogP contribution in [-0.2, 0) is 21.9 Å². The predicted molar refractivity (Wildman–Crippen MR) is 84.7 cm³/mol. The van der Waals surface area contributed by atoms with E-state index >= 15 is 0 Å². The van der Waals surface area contributed by atoms with Gasteiger partial charge in [-0.1, -0.05) is 12.2 Å². The predicted octanol–water partition coefficient (Wildman–Crippen LogP) is 0.596. The van der Waals surface area contributed by atoms with Crippen molar-refractivity contribution in [3.63, 3.8) is 0 Å². The third-order valence-corrected chi connectivity index (χ3v) is 4.84. The van der Waals surface area contributed by atoms with Crippen molar-refractivity contribution in [3.05, 3.63) is 37.2 Å². The van der Waals surface area contributed by atoms with Crippen LogP contribution in [0.2, 0.25) is 0 Å². The lowest BCUT2D eigenvalue weighted by atomic mass is 10.3. The van der Waals surface area contributed by atoms with Gasteiger partial charge in [-0.2, -0.15) is 9.82 Å². The number of hydrogen-bond acceptors (Lipinski definition) is 4. The van der Waals surface area contributed by atoms with Crippen LogP contribution in [0.1, 0.15) is 12.6 Å². The van der Waals surface area contributed by atoms with Crippen molar-refractivity contribution >= 4 is 15.9 Å². The van der Waals surface area contributed by atoms with E-state index in [4.69, 9.17) is 0 Å². The van der Waals surface area contributed by atoms with Crippen molar-refractivity contribution in [1.29, 1.82) is 0 Å². The van der Waals surface area contributed by atoms with Crippen LogP contribution in [0.4, 0.5) is 0 Å². The molecule has 1 heterocycles. The highest BCUT2D eigenvalue weighted by Crippen LogP contribution is 2.13. The van der Waals surface area contributed by atoms with Gasteiger partial charge in [-0.25, -0.2) is 8.42 Å². The molecule has 0 fully saturated rings. The van der Waals surface area contributed by atoms with Crippen LogP contribution in [0.25, 0.3) is 0 Å². The third-order valence-electron chi connectivity index (χ3n) is 3.19. The summed E-state index contributed by atoms with van der Waals surface area (Å²) in [5.74, 6) is -0.343. The fourth-order valence-corrected chi connectivity index (χ4v) is 3.33. The number of nitrogens with zero attached hydrogens (tertiary/aromatic N) is 3. The third kappa shape index (κ3) is 4.05. The lowest BCUT2D eigenvalue weighted by Gasteiger charge is -2.23. The van der Waals surface area contributed by atoms with Gasteiger partial charge in [0.15, 0.2) is 0 Å². The molecule has 1 aromatic heterocycles. The van der Waals surface area contributed by atoms with Crippen LogP contribution in [-0.4, -0.2) is 48.1 Å². The van der Waals surface area contributed by atoms with Gasteiger partial charge in [0.25, 0.3) is 0 Å². The molecule has 0 aliphatic rings. The Morgan fingerprint density at radius 2 is 2.00 bits per heavy atom. The van der Waals surface area contributed by atoms with E-state index in [-0.39, 0.29) is 10.8 Å². The van der Waals surface area contributed by atoms with Crippen LogP contribution >= 0.6 is 0 Å². The maximum atomic E-state index is 12.3. The quantitative estimate of drug-likeness (QED) is 0.709. The zero-order valence-corrected chi connectivity index (χ0v) is 13.9. The van der Waals surface area contributed by atoms with Crippen molar-refractivity contribution in [2.75, 3.05) is 13.1 Å². The van der Waals surface area contributed by atoms with Gasteiger partial charge in [-0.15, -0.1) is 13.2 Å². The Bertz CT molecular complexity index is 654. The molecule has 8 heteroatoms. The van der Waals surface area contributed by atoms with Crippen molar-refractivity contribution < 1.29 is 13.2 Å². The Labute approximate surface area is 131 Å². The number of carbonyl (C=O) groups is 1. The molecule has 1 rings (SSSR count). The monoisotopic (exact) mass is 326 g/mol. The minimum absolute atomic E-state index is 0.0636. The summed E-state index contributed by atoms with van der Waals surface area (Å²) in [5.41, 5.74) is 0.501. The number of rotatable bonds is 8. The van der Waals surface area contributed by atoms with E-state index in [0.717, 1.165) is 0 Å². The van der Waals surface area contributed by atoms with Gasteiger partial charge in [0.2, 0.25) is 15.9 Å². The summed E-state index contributed by atoms with van der Waals surface area (Å²) in [4.78, 5) is 13.8. The SMILES string of the molecule is C=CCN(CC=C)C(=O)C(C)NS(=O)(=O)c1cnn(C)c1C. The lowest BCUT2D eigenvalue weighted by molar-refractivity contribution is -0.131. The standard InChI is InChI=1S/C14H22N4O3S/c1-6-8-18(9-7-2)14(19)11(3)16-22(20,21)13-10-15-17(5)12(13)4/h6-7,10-11,16H,1-2,8-9H2,3-5H3. The lowest BCUT2D eigenvalue weighted by Crippen LogP contribution is -2.47. The highest BCUT2D eigenvalue weighted by molar-refractivity contribution is 7.89. The van der Waals surface area contributed by atoms with E-state index in [0.29, 0.717) is 18.8 Å². The van der Waals surface area contributed by atoms with Gasteiger partial charge in [0, 0.05) is 20.1 Å². The molecule has 0 radical (unpaired) electrons. The Kier molecular flexibility index (Phi) is 6.07. The topological polar surface area (TPSA) is 84.3 Å². The van der Waals surface area contributed by atoms with Crippen molar-refractivity contribution in [1.82, 2.24) is 19.4 Å². The first kappa shape index (κ1) is 18.1. The Balaban J connectivity index is 2.92. The van der Waals surface area contributed by atoms with Gasteiger partial charge in [0.05, 0.1) is 17.9 Å². The van der Waals surface area contributed by atoms with Crippen LogP contribution in [0.15, 0.2) is 36.4 Å². The average molecular weight is 326 g/mol. The normalized spacial score (nSPS) is 12.7. The number of aryl methyl sites for hydroxylation is 1. The molecule has 1 amide bonds. The van der Waals surface area contributed by atoms with Crippen LogP contribution < -0.4 is 4.72 Å². The molecule has 7 nitrogen and oxygen atoms in total. The minimum atomic E-state index is -3.81. The number of nitrogens with one attached hydrogen (secondary N) is 1. The van der Waals surface area contributed by atoms with E-state index in [1.54, 1.807) is 26.1 Å². The molecular formula is C14H22N4O3S. The zero-order valence-electron chi connectivity index (χ0n) is 13.1. The molecule has 1 aromatic rings. The number of amides is 1. The summed E-state index contributed by atoms with van der Waals surface area (Å²) < 4.78 is 28.5. The van der Waals surface area contributed by atoms with Gasteiger partial charge in [0.1, 0.15) is 4.90 Å². The van der Waals surface area contributed by atoms with Crippen LogP contribution in [0.5, 0.6) is 0 Å². The molecule has 0 saturated heterocycles. The summed E-state index contributed by atoms with van der Waals surface area (Å²) in [5, 5.41) is 3.90. The highest BCUT2D eigenvalue weighted by Gasteiger charge is 2.27. The molecule has 0 bridgehead atoms. The second-order valence-electron chi connectivity index (χ2n) is 4.88. The number of hydrogen-bond donors (Lipinski definition) is 1. The molecule has 122 valence electrons. The van der Waals surface area contributed by atoms with E-state index in [9.17, 15) is 13.2 Å². The van der Waals surface area contributed by atoms with Crippen LogP contribution in [0, 0.1) is 6.92 Å². The second-order valence-corrected chi connectivity index (χ2v) is 6.56. The first-order valence-electron chi connectivity index (χ1n) is 6.76. The molecule has 0 spiro atoms. The Hall–Kier alpha value is -1.93. The van der Waals surface area contributed by atoms with Crippen LogP contribution in [0.3, 0.4) is 0 Å². The van der Waals surface area contributed by atoms with E-state index in [1.807, 2.05) is 0 Å². The molecule has 1 atom stereocenters. The smallest absolute Gasteiger partial charge is 0.244 e. The summed E-state index contributed by atoms with van der Waals surface area (Å²) in [6.07, 6.45) is 4.42. The Morgan fingerprint density at radius 1 is 1.45 bits per heavy atom. The number of aromatic nitrogens is 2. The molecular weight excluding hydrogens is 304 g/mol. The maximum absolute atomic E-state index is 12.3. The number of carbonyl (C=O) groups excluding carboxylic acids is 1. The van der Waals surface area contributed by atoms with Gasteiger partial charge in [-0.05, 0) is 13.8 Å². The molecule has 1 unspecified atom stereocenters. The van der Waals surface area contributed by atoms with Crippen molar-refractivity contribution in [2.24, 2.45) is 7.05 Å². The average Bonchev–Trinajstić information content (AvgIpc) is 2.78. The summed E-state index contributed by atoms with van der Waals surface area (Å²) in [7, 11) is -2.16. The fourth-order valence-electron chi connectivity index (χ4n) is 1.93. The number of sulfonamides is 1. The van der Waals surface area contributed by atoms with Crippen molar-refractivity contribution in [3.8, 4) is 0 Å². The molecule has 0 aliphatic carbocycles. The first-order valence-corrected chi connectivity index (χ1v) is 8.24. The van der Waals surface area contributed by atoms with E-state index in [1.165, 1.54) is 22.7 Å². The first-order chi connectivity index (χ1) is 10.2. The molecule has 0 saturated carbocycles. The highest BCUT2D eigenvalue weighted by atomic mass is 32.2. The van der Waals surface area contributed by atoms with Gasteiger partial charge >= 0.3 is 0 Å². The largest absolute Gasteiger partial charge is 0.334 e. The van der Waals surface area contributed by atoms with E-state index < -0.39 is 16.1 Å². The molecule has 0 aromatic carbocycles. The minimum Gasteiger partial charge on any atom is -0.334 e. The van der Waals surface area contributed by atoms with Gasteiger partial charge < -0.3 is 4.90 Å². The van der Waals surface area contributed by atoms with Crippen molar-refractivity contribution in [2.45, 2.75) is 24.8 Å². The molecule has 0 aliphatic heterocycles. The summed E-state index contributed by atoms with van der Waals surface area (Å²) in [6, 6.07) is -0.899. The Morgan fingerprint density at radius 3 is 2.41 bits per heavy atom. The molecule has 22 heavy (non-hydrogen) atoms. The molecule has 1 N–H and O–H groups in total.